The number of benzene rings is 1. The molecule has 112 valence electrons. The van der Waals surface area contributed by atoms with Crippen LogP contribution in [0.2, 0.25) is 5.02 Å². The highest BCUT2D eigenvalue weighted by molar-refractivity contribution is 9.10. The zero-order valence-corrected chi connectivity index (χ0v) is 14.3. The summed E-state index contributed by atoms with van der Waals surface area (Å²) in [5.74, 6) is -1.01. The van der Waals surface area contributed by atoms with Gasteiger partial charge in [-0.15, -0.1) is 11.3 Å². The average Bonchev–Trinajstić information content (AvgIpc) is 2.83. The Morgan fingerprint density at radius 2 is 2.05 bits per heavy atom. The van der Waals surface area contributed by atoms with Crippen LogP contribution in [-0.2, 0) is 21.2 Å². The average molecular weight is 411 g/mol. The third kappa shape index (κ3) is 3.97. The summed E-state index contributed by atoms with van der Waals surface area (Å²) >= 11 is 10.0. The number of rotatable bonds is 5. The molecule has 1 heterocycles. The zero-order chi connectivity index (χ0) is 15.6. The summed E-state index contributed by atoms with van der Waals surface area (Å²) in [5.41, 5.74) is 0.315. The van der Waals surface area contributed by atoms with Gasteiger partial charge in [-0.1, -0.05) is 17.7 Å². The molecule has 2 aromatic rings. The van der Waals surface area contributed by atoms with Crippen molar-refractivity contribution in [2.24, 2.45) is 0 Å². The Morgan fingerprint density at radius 3 is 2.71 bits per heavy atom. The van der Waals surface area contributed by atoms with Gasteiger partial charge in [0.1, 0.15) is 4.21 Å². The lowest BCUT2D eigenvalue weighted by Gasteiger charge is -2.09. The normalized spacial score (nSPS) is 11.3. The van der Waals surface area contributed by atoms with Crippen molar-refractivity contribution in [1.29, 1.82) is 0 Å². The Kier molecular flexibility index (Phi) is 4.92. The number of halogens is 2. The van der Waals surface area contributed by atoms with Crippen molar-refractivity contribution in [2.45, 2.75) is 10.6 Å². The molecule has 0 fully saturated rings. The molecule has 9 heteroatoms. The second kappa shape index (κ2) is 6.35. The number of carboxylic acid groups (broad SMARTS) is 1. The van der Waals surface area contributed by atoms with Gasteiger partial charge in [-0.05, 0) is 40.2 Å². The molecule has 0 atom stereocenters. The number of carboxylic acids is 1. The minimum Gasteiger partial charge on any atom is -0.481 e. The van der Waals surface area contributed by atoms with E-state index in [1.165, 1.54) is 12.1 Å². The Labute approximate surface area is 138 Å². The standard InChI is InChI=1S/C12H9BrClNO4S2/c13-12-8(14)2-1-3-9(12)15-21(18,19)11-5-4-7(20-11)6-10(16)17/h1-5,15H,6H2,(H,16,17). The van der Waals surface area contributed by atoms with Gasteiger partial charge in [-0.25, -0.2) is 8.42 Å². The summed E-state index contributed by atoms with van der Waals surface area (Å²) in [6.07, 6.45) is -0.207. The first-order valence-corrected chi connectivity index (χ1v) is 9.04. The van der Waals surface area contributed by atoms with Gasteiger partial charge in [0.25, 0.3) is 10.0 Å². The number of nitrogens with one attached hydrogen (secondary N) is 1. The summed E-state index contributed by atoms with van der Waals surface area (Å²) in [5, 5.41) is 9.08. The van der Waals surface area contributed by atoms with E-state index in [1.54, 1.807) is 18.2 Å². The summed E-state index contributed by atoms with van der Waals surface area (Å²) < 4.78 is 27.4. The Morgan fingerprint density at radius 1 is 1.33 bits per heavy atom. The van der Waals surface area contributed by atoms with Crippen LogP contribution in [0.25, 0.3) is 0 Å². The minimum absolute atomic E-state index is 0.0469. The van der Waals surface area contributed by atoms with Crippen LogP contribution in [0.5, 0.6) is 0 Å². The highest BCUT2D eigenvalue weighted by Gasteiger charge is 2.19. The molecule has 0 aliphatic heterocycles. The van der Waals surface area contributed by atoms with Crippen LogP contribution in [0.1, 0.15) is 4.88 Å². The fourth-order valence-corrected chi connectivity index (χ4v) is 4.61. The van der Waals surface area contributed by atoms with Gasteiger partial charge in [-0.2, -0.15) is 0 Å². The second-order valence-corrected chi connectivity index (χ2v) is 8.28. The maximum atomic E-state index is 12.3. The van der Waals surface area contributed by atoms with Gasteiger partial charge < -0.3 is 5.11 Å². The molecule has 0 bridgehead atoms. The molecule has 5 nitrogen and oxygen atoms in total. The van der Waals surface area contributed by atoms with E-state index in [-0.39, 0.29) is 10.6 Å². The summed E-state index contributed by atoms with van der Waals surface area (Å²) in [7, 11) is -3.78. The fraction of sp³-hybridized carbons (Fsp3) is 0.0833. The van der Waals surface area contributed by atoms with E-state index in [2.05, 4.69) is 20.7 Å². The molecule has 21 heavy (non-hydrogen) atoms. The molecule has 0 radical (unpaired) electrons. The van der Waals surface area contributed by atoms with Gasteiger partial charge in [0.05, 0.1) is 21.6 Å². The Bertz CT molecular complexity index is 788. The van der Waals surface area contributed by atoms with Gasteiger partial charge in [-0.3, -0.25) is 9.52 Å². The third-order valence-corrected chi connectivity index (χ3v) is 6.76. The van der Waals surface area contributed by atoms with Crippen molar-refractivity contribution < 1.29 is 18.3 Å². The molecule has 0 amide bonds. The number of thiophene rings is 1. The van der Waals surface area contributed by atoms with Gasteiger partial charge >= 0.3 is 5.97 Å². The first-order chi connectivity index (χ1) is 9.79. The smallest absolute Gasteiger partial charge is 0.308 e. The van der Waals surface area contributed by atoms with Crippen molar-refractivity contribution in [2.75, 3.05) is 4.72 Å². The first-order valence-electron chi connectivity index (χ1n) is 5.57. The highest BCUT2D eigenvalue weighted by atomic mass is 79.9. The number of hydrogen-bond acceptors (Lipinski definition) is 4. The van der Waals surface area contributed by atoms with E-state index in [4.69, 9.17) is 16.7 Å². The van der Waals surface area contributed by atoms with E-state index in [9.17, 15) is 13.2 Å². The van der Waals surface area contributed by atoms with E-state index >= 15 is 0 Å². The predicted octanol–water partition coefficient (Wildman–Crippen LogP) is 3.59. The van der Waals surface area contributed by atoms with Crippen LogP contribution in [0.3, 0.4) is 0 Å². The fourth-order valence-electron chi connectivity index (χ4n) is 1.52. The number of carbonyl (C=O) groups is 1. The molecule has 0 saturated heterocycles. The van der Waals surface area contributed by atoms with Crippen molar-refractivity contribution in [3.8, 4) is 0 Å². The maximum absolute atomic E-state index is 12.3. The first kappa shape index (κ1) is 16.3. The van der Waals surface area contributed by atoms with Crippen LogP contribution in [0.4, 0.5) is 5.69 Å². The zero-order valence-electron chi connectivity index (χ0n) is 10.3. The SMILES string of the molecule is O=C(O)Cc1ccc(S(=O)(=O)Nc2cccc(Cl)c2Br)s1. The molecule has 1 aromatic carbocycles. The number of aliphatic carboxylic acids is 1. The van der Waals surface area contributed by atoms with Gasteiger partial charge in [0, 0.05) is 4.88 Å². The van der Waals surface area contributed by atoms with E-state index in [1.807, 2.05) is 0 Å². The molecular formula is C12H9BrClNO4S2. The monoisotopic (exact) mass is 409 g/mol. The number of anilines is 1. The topological polar surface area (TPSA) is 83.5 Å². The van der Waals surface area contributed by atoms with Crippen LogP contribution in [0.15, 0.2) is 39.0 Å². The highest BCUT2D eigenvalue weighted by Crippen LogP contribution is 2.32. The number of hydrogen-bond donors (Lipinski definition) is 2. The van der Waals surface area contributed by atoms with Gasteiger partial charge in [0.2, 0.25) is 0 Å². The molecule has 0 spiro atoms. The van der Waals surface area contributed by atoms with E-state index < -0.39 is 16.0 Å². The third-order valence-electron chi connectivity index (χ3n) is 2.42. The summed E-state index contributed by atoms with van der Waals surface area (Å²) in [6, 6.07) is 7.68. The van der Waals surface area contributed by atoms with Crippen molar-refractivity contribution in [1.82, 2.24) is 0 Å². The second-order valence-electron chi connectivity index (χ2n) is 4.00. The Balaban J connectivity index is 2.28. The molecule has 0 aliphatic carbocycles. The molecule has 0 unspecified atom stereocenters. The lowest BCUT2D eigenvalue weighted by Crippen LogP contribution is -2.11. The molecular weight excluding hydrogens is 402 g/mol. The van der Waals surface area contributed by atoms with Crippen LogP contribution in [-0.4, -0.2) is 19.5 Å². The quantitative estimate of drug-likeness (QED) is 0.789. The summed E-state index contributed by atoms with van der Waals surface area (Å²) in [6.45, 7) is 0. The predicted molar refractivity (Wildman–Crippen MR) is 85.6 cm³/mol. The van der Waals surface area contributed by atoms with Crippen LogP contribution < -0.4 is 4.72 Å². The van der Waals surface area contributed by atoms with Crippen molar-refractivity contribution in [3.63, 3.8) is 0 Å². The molecule has 2 rings (SSSR count). The molecule has 1 aromatic heterocycles. The lowest BCUT2D eigenvalue weighted by molar-refractivity contribution is -0.136. The number of sulfonamides is 1. The van der Waals surface area contributed by atoms with Crippen molar-refractivity contribution in [3.05, 3.63) is 44.7 Å². The van der Waals surface area contributed by atoms with Crippen LogP contribution >= 0.6 is 38.9 Å². The van der Waals surface area contributed by atoms with E-state index in [0.717, 1.165) is 11.3 Å². The van der Waals surface area contributed by atoms with Crippen LogP contribution in [0, 0.1) is 0 Å². The lowest BCUT2D eigenvalue weighted by atomic mass is 10.3. The van der Waals surface area contributed by atoms with Gasteiger partial charge in [0.15, 0.2) is 0 Å². The molecule has 2 N–H and O–H groups in total. The maximum Gasteiger partial charge on any atom is 0.308 e. The summed E-state index contributed by atoms with van der Waals surface area (Å²) in [4.78, 5) is 11.1. The van der Waals surface area contributed by atoms with E-state index in [0.29, 0.717) is 20.1 Å². The van der Waals surface area contributed by atoms with Crippen molar-refractivity contribution >= 4 is 60.5 Å². The minimum atomic E-state index is -3.78. The molecule has 0 aliphatic rings. The Hall–Kier alpha value is -1.09. The largest absolute Gasteiger partial charge is 0.481 e. The molecule has 0 saturated carbocycles.